The van der Waals surface area contributed by atoms with Gasteiger partial charge < -0.3 is 19.5 Å². The van der Waals surface area contributed by atoms with Crippen molar-refractivity contribution < 1.29 is 14.3 Å². The van der Waals surface area contributed by atoms with E-state index in [1.54, 1.807) is 12.0 Å². The molecule has 0 radical (unpaired) electrons. The van der Waals surface area contributed by atoms with Gasteiger partial charge in [-0.3, -0.25) is 9.59 Å². The summed E-state index contributed by atoms with van der Waals surface area (Å²) in [6.45, 7) is 1.13. The first-order chi connectivity index (χ1) is 17.1. The molecule has 0 saturated carbocycles. The third-order valence-electron chi connectivity index (χ3n) is 6.67. The number of amides is 2. The molecular weight excluding hydrogens is 438 g/mol. The molecule has 1 fully saturated rings. The lowest BCUT2D eigenvalue weighted by Crippen LogP contribution is -2.57. The predicted octanol–water partition coefficient (Wildman–Crippen LogP) is 4.66. The molecule has 1 aromatic heterocycles. The van der Waals surface area contributed by atoms with E-state index in [-0.39, 0.29) is 24.4 Å². The zero-order chi connectivity index (χ0) is 24.2. The highest BCUT2D eigenvalue weighted by atomic mass is 16.5. The normalized spacial score (nSPS) is 16.0. The fraction of sp³-hybridized carbons (Fsp3) is 0.241. The molecule has 2 heterocycles. The Labute approximate surface area is 205 Å². The number of piperazine rings is 1. The number of fused-ring (bicyclic) bond motifs is 1. The van der Waals surface area contributed by atoms with Crippen molar-refractivity contribution in [2.45, 2.75) is 25.4 Å². The number of aromatic nitrogens is 1. The number of hydrogen-bond donors (Lipinski definition) is 1. The van der Waals surface area contributed by atoms with Crippen molar-refractivity contribution in [3.05, 3.63) is 102 Å². The molecule has 5 rings (SSSR count). The number of methoxy groups -OCH3 is 1. The van der Waals surface area contributed by atoms with Crippen molar-refractivity contribution in [2.75, 3.05) is 20.2 Å². The summed E-state index contributed by atoms with van der Waals surface area (Å²) < 4.78 is 5.30. The number of ether oxygens (including phenoxy) is 1. The summed E-state index contributed by atoms with van der Waals surface area (Å²) in [4.78, 5) is 33.6. The van der Waals surface area contributed by atoms with Gasteiger partial charge in [0.2, 0.25) is 5.91 Å². The summed E-state index contributed by atoms with van der Waals surface area (Å²) >= 11 is 0. The van der Waals surface area contributed by atoms with Crippen LogP contribution in [0.1, 0.15) is 28.0 Å². The first-order valence-electron chi connectivity index (χ1n) is 11.9. The van der Waals surface area contributed by atoms with Crippen LogP contribution in [-0.2, 0) is 17.8 Å². The number of aromatic amines is 1. The van der Waals surface area contributed by atoms with E-state index in [2.05, 4.69) is 17.1 Å². The molecule has 3 aromatic carbocycles. The van der Waals surface area contributed by atoms with E-state index in [0.29, 0.717) is 18.8 Å². The number of hydrogen-bond acceptors (Lipinski definition) is 3. The SMILES string of the molecule is COc1ccc2[nH]c(C(=O)N3CC(=O)N(Cc4ccccc4)[C@@H](CCc4ccccc4)C3)cc2c1. The van der Waals surface area contributed by atoms with Crippen molar-refractivity contribution in [1.29, 1.82) is 0 Å². The zero-order valence-corrected chi connectivity index (χ0v) is 19.8. The van der Waals surface area contributed by atoms with Crippen LogP contribution in [0.4, 0.5) is 0 Å². The molecule has 178 valence electrons. The fourth-order valence-corrected chi connectivity index (χ4v) is 4.78. The van der Waals surface area contributed by atoms with Gasteiger partial charge >= 0.3 is 0 Å². The van der Waals surface area contributed by atoms with E-state index in [4.69, 9.17) is 4.74 Å². The topological polar surface area (TPSA) is 65.6 Å². The van der Waals surface area contributed by atoms with Crippen molar-refractivity contribution in [1.82, 2.24) is 14.8 Å². The highest BCUT2D eigenvalue weighted by Crippen LogP contribution is 2.24. The van der Waals surface area contributed by atoms with Crippen LogP contribution < -0.4 is 4.74 Å². The van der Waals surface area contributed by atoms with E-state index in [1.807, 2.05) is 77.7 Å². The second kappa shape index (κ2) is 10.1. The molecule has 0 bridgehead atoms. The maximum absolute atomic E-state index is 13.4. The van der Waals surface area contributed by atoms with Crippen molar-refractivity contribution in [3.63, 3.8) is 0 Å². The molecule has 1 aliphatic rings. The van der Waals surface area contributed by atoms with Gasteiger partial charge in [0, 0.05) is 24.0 Å². The zero-order valence-electron chi connectivity index (χ0n) is 19.8. The molecular formula is C29H29N3O3. The molecule has 0 unspecified atom stereocenters. The summed E-state index contributed by atoms with van der Waals surface area (Å²) in [5.41, 5.74) is 3.67. The van der Waals surface area contributed by atoms with Gasteiger partial charge in [0.25, 0.3) is 5.91 Å². The molecule has 2 amide bonds. The van der Waals surface area contributed by atoms with E-state index < -0.39 is 0 Å². The van der Waals surface area contributed by atoms with Crippen LogP contribution in [-0.4, -0.2) is 52.8 Å². The lowest BCUT2D eigenvalue weighted by molar-refractivity contribution is -0.139. The van der Waals surface area contributed by atoms with Gasteiger partial charge in [0.1, 0.15) is 18.0 Å². The van der Waals surface area contributed by atoms with Crippen molar-refractivity contribution >= 4 is 22.7 Å². The molecule has 0 aliphatic carbocycles. The van der Waals surface area contributed by atoms with Crippen LogP contribution >= 0.6 is 0 Å². The van der Waals surface area contributed by atoms with Gasteiger partial charge in [-0.15, -0.1) is 0 Å². The summed E-state index contributed by atoms with van der Waals surface area (Å²) in [5, 5.41) is 0.905. The molecule has 1 aliphatic heterocycles. The van der Waals surface area contributed by atoms with Gasteiger partial charge in [-0.25, -0.2) is 0 Å². The third kappa shape index (κ3) is 5.06. The van der Waals surface area contributed by atoms with Crippen LogP contribution in [0.3, 0.4) is 0 Å². The quantitative estimate of drug-likeness (QED) is 0.430. The molecule has 1 N–H and O–H groups in total. The lowest BCUT2D eigenvalue weighted by Gasteiger charge is -2.41. The van der Waals surface area contributed by atoms with Gasteiger partial charge in [0.15, 0.2) is 0 Å². The molecule has 1 atom stereocenters. The smallest absolute Gasteiger partial charge is 0.270 e. The Kier molecular flexibility index (Phi) is 6.53. The van der Waals surface area contributed by atoms with Crippen LogP contribution in [0.5, 0.6) is 5.75 Å². The number of aryl methyl sites for hydroxylation is 1. The minimum Gasteiger partial charge on any atom is -0.497 e. The van der Waals surface area contributed by atoms with Crippen molar-refractivity contribution in [3.8, 4) is 5.75 Å². The second-order valence-corrected chi connectivity index (χ2v) is 9.01. The van der Waals surface area contributed by atoms with Crippen LogP contribution in [0.15, 0.2) is 84.9 Å². The van der Waals surface area contributed by atoms with E-state index in [0.717, 1.165) is 35.1 Å². The summed E-state index contributed by atoms with van der Waals surface area (Å²) in [7, 11) is 1.62. The number of carbonyl (C=O) groups excluding carboxylic acids is 2. The van der Waals surface area contributed by atoms with Crippen LogP contribution in [0.25, 0.3) is 10.9 Å². The van der Waals surface area contributed by atoms with Gasteiger partial charge in [-0.1, -0.05) is 60.7 Å². The average molecular weight is 468 g/mol. The molecule has 0 spiro atoms. The highest BCUT2D eigenvalue weighted by Gasteiger charge is 2.35. The Balaban J connectivity index is 1.37. The van der Waals surface area contributed by atoms with Crippen molar-refractivity contribution in [2.24, 2.45) is 0 Å². The number of nitrogens with zero attached hydrogens (tertiary/aromatic N) is 2. The first-order valence-corrected chi connectivity index (χ1v) is 11.9. The largest absolute Gasteiger partial charge is 0.497 e. The summed E-state index contributed by atoms with van der Waals surface area (Å²) in [6.07, 6.45) is 1.63. The number of rotatable bonds is 7. The Morgan fingerprint density at radius 2 is 1.69 bits per heavy atom. The van der Waals surface area contributed by atoms with E-state index in [9.17, 15) is 9.59 Å². The number of nitrogens with one attached hydrogen (secondary N) is 1. The Morgan fingerprint density at radius 1 is 0.971 bits per heavy atom. The van der Waals surface area contributed by atoms with Crippen LogP contribution in [0, 0.1) is 0 Å². The summed E-state index contributed by atoms with van der Waals surface area (Å²) in [5.74, 6) is 0.558. The Hall–Kier alpha value is -4.06. The second-order valence-electron chi connectivity index (χ2n) is 9.01. The molecule has 6 heteroatoms. The molecule has 35 heavy (non-hydrogen) atoms. The highest BCUT2D eigenvalue weighted by molar-refractivity contribution is 6.00. The average Bonchev–Trinajstić information content (AvgIpc) is 3.33. The monoisotopic (exact) mass is 467 g/mol. The van der Waals surface area contributed by atoms with Crippen LogP contribution in [0.2, 0.25) is 0 Å². The number of carbonyl (C=O) groups is 2. The number of H-pyrrole nitrogens is 1. The number of benzene rings is 3. The van der Waals surface area contributed by atoms with Gasteiger partial charge in [-0.05, 0) is 48.2 Å². The minimum atomic E-state index is -0.155. The van der Waals surface area contributed by atoms with E-state index in [1.165, 1.54) is 5.56 Å². The minimum absolute atomic E-state index is 0.0238. The Morgan fingerprint density at radius 3 is 2.40 bits per heavy atom. The predicted molar refractivity (Wildman–Crippen MR) is 136 cm³/mol. The maximum atomic E-state index is 13.4. The third-order valence-corrected chi connectivity index (χ3v) is 6.67. The Bertz CT molecular complexity index is 1320. The standard InChI is InChI=1S/C29H29N3O3/c1-35-25-14-15-26-23(16-25)17-27(30-26)29(34)31-19-24(13-12-21-8-4-2-5-9-21)32(28(33)20-31)18-22-10-6-3-7-11-22/h2-11,14-17,24,30H,12-13,18-20H2,1H3/t24-/m0/s1. The first kappa shape index (κ1) is 22.7. The molecule has 4 aromatic rings. The molecule has 6 nitrogen and oxygen atoms in total. The van der Waals surface area contributed by atoms with Gasteiger partial charge in [0.05, 0.1) is 13.2 Å². The molecule has 1 saturated heterocycles. The lowest BCUT2D eigenvalue weighted by atomic mass is 10.0. The fourth-order valence-electron chi connectivity index (χ4n) is 4.78. The van der Waals surface area contributed by atoms with Gasteiger partial charge in [-0.2, -0.15) is 0 Å². The maximum Gasteiger partial charge on any atom is 0.270 e. The summed E-state index contributed by atoms with van der Waals surface area (Å²) in [6, 6.07) is 27.7. The van der Waals surface area contributed by atoms with E-state index >= 15 is 0 Å².